The van der Waals surface area contributed by atoms with Crippen molar-refractivity contribution in [1.29, 1.82) is 0 Å². The molecule has 0 aliphatic heterocycles. The molecule has 0 bridgehead atoms. The summed E-state index contributed by atoms with van der Waals surface area (Å²) in [5, 5.41) is 14.6. The van der Waals surface area contributed by atoms with Crippen molar-refractivity contribution in [3.8, 4) is 5.75 Å². The van der Waals surface area contributed by atoms with E-state index in [-0.39, 0.29) is 23.7 Å². The minimum Gasteiger partial charge on any atom is -0.452 e. The van der Waals surface area contributed by atoms with Crippen LogP contribution in [-0.4, -0.2) is 31.0 Å². The number of furan rings is 1. The first-order valence-corrected chi connectivity index (χ1v) is 8.12. The number of ether oxygens (including phenoxy) is 1. The number of benzene rings is 2. The summed E-state index contributed by atoms with van der Waals surface area (Å²) in [7, 11) is 1.44. The fraction of sp³-hybridized carbons (Fsp3) is 0.278. The number of carbonyl (C=O) groups excluding carboxylic acids is 1. The van der Waals surface area contributed by atoms with Gasteiger partial charge in [0.1, 0.15) is 5.58 Å². The van der Waals surface area contributed by atoms with E-state index < -0.39 is 24.0 Å². The van der Waals surface area contributed by atoms with Crippen molar-refractivity contribution < 1.29 is 27.7 Å². The molecule has 2 aromatic carbocycles. The van der Waals surface area contributed by atoms with Crippen molar-refractivity contribution in [2.24, 2.45) is 0 Å². The molecule has 142 valence electrons. The number of rotatable bonds is 7. The Bertz CT molecular complexity index is 1000. The minimum atomic E-state index is -3.05. The van der Waals surface area contributed by atoms with Crippen LogP contribution in [-0.2, 0) is 4.79 Å². The number of nitrogens with zero attached hydrogens (tertiary/aromatic N) is 1. The number of hydrogen-bond donors (Lipinski definition) is 1. The molecular weight excluding hydrogens is 362 g/mol. The number of amides is 1. The van der Waals surface area contributed by atoms with Crippen molar-refractivity contribution >= 4 is 27.8 Å². The average molecular weight is 378 g/mol. The third-order valence-electron chi connectivity index (χ3n) is 4.26. The molecule has 27 heavy (non-hydrogen) atoms. The number of alkyl halides is 2. The monoisotopic (exact) mass is 378 g/mol. The maximum absolute atomic E-state index is 12.7. The molecule has 0 fully saturated rings. The Morgan fingerprint density at radius 3 is 2.70 bits per heavy atom. The van der Waals surface area contributed by atoms with E-state index in [4.69, 9.17) is 4.42 Å². The lowest BCUT2D eigenvalue weighted by Crippen LogP contribution is -2.24. The number of nitrogens with one attached hydrogen (secondary N) is 1. The SMILES string of the molecule is CNC(=O)CC(C[N+](=O)[O-])c1ccc(OC(F)F)c2oc3ccccc3c12. The first kappa shape index (κ1) is 18.6. The highest BCUT2D eigenvalue weighted by atomic mass is 19.3. The standard InChI is InChI=1S/C18H16F2N2O5/c1-21-15(23)8-10(9-22(24)25)11-6-7-14(27-18(19)20)17-16(11)12-4-2-3-5-13(12)26-17/h2-7,10,18H,8-9H2,1H3,(H,21,23). The van der Waals surface area contributed by atoms with E-state index in [0.29, 0.717) is 21.9 Å². The lowest BCUT2D eigenvalue weighted by molar-refractivity contribution is -0.483. The summed E-state index contributed by atoms with van der Waals surface area (Å²) in [5.41, 5.74) is 0.968. The second kappa shape index (κ2) is 7.56. The van der Waals surface area contributed by atoms with Gasteiger partial charge in [0, 0.05) is 29.2 Å². The molecule has 1 aromatic heterocycles. The van der Waals surface area contributed by atoms with E-state index in [2.05, 4.69) is 10.1 Å². The predicted octanol–water partition coefficient (Wildman–Crippen LogP) is 3.68. The van der Waals surface area contributed by atoms with Crippen LogP contribution in [0.5, 0.6) is 5.75 Å². The molecule has 0 saturated heterocycles. The van der Waals surface area contributed by atoms with Gasteiger partial charge in [-0.2, -0.15) is 8.78 Å². The molecule has 1 amide bonds. The van der Waals surface area contributed by atoms with Crippen molar-refractivity contribution in [3.63, 3.8) is 0 Å². The van der Waals surface area contributed by atoms with Crippen molar-refractivity contribution in [2.75, 3.05) is 13.6 Å². The highest BCUT2D eigenvalue weighted by Crippen LogP contribution is 2.40. The molecule has 0 radical (unpaired) electrons. The molecule has 1 heterocycles. The van der Waals surface area contributed by atoms with Gasteiger partial charge in [0.05, 0.1) is 5.92 Å². The summed E-state index contributed by atoms with van der Waals surface area (Å²) in [4.78, 5) is 22.5. The van der Waals surface area contributed by atoms with Crippen molar-refractivity contribution in [1.82, 2.24) is 5.32 Å². The Morgan fingerprint density at radius 1 is 1.30 bits per heavy atom. The van der Waals surface area contributed by atoms with Gasteiger partial charge in [-0.1, -0.05) is 24.3 Å². The molecule has 0 spiro atoms. The maximum atomic E-state index is 12.7. The van der Waals surface area contributed by atoms with Gasteiger partial charge in [0.25, 0.3) is 0 Å². The van der Waals surface area contributed by atoms with Gasteiger partial charge in [0.15, 0.2) is 11.3 Å². The van der Waals surface area contributed by atoms with E-state index in [1.54, 1.807) is 24.3 Å². The van der Waals surface area contributed by atoms with Crippen LogP contribution in [0.2, 0.25) is 0 Å². The van der Waals surface area contributed by atoms with E-state index >= 15 is 0 Å². The summed E-state index contributed by atoms with van der Waals surface area (Å²) in [6, 6.07) is 9.59. The van der Waals surface area contributed by atoms with Gasteiger partial charge >= 0.3 is 6.61 Å². The highest BCUT2D eigenvalue weighted by molar-refractivity contribution is 6.09. The Balaban J connectivity index is 2.24. The second-order valence-electron chi connectivity index (χ2n) is 5.92. The third kappa shape index (κ3) is 3.81. The van der Waals surface area contributed by atoms with Crippen LogP contribution in [0.25, 0.3) is 21.9 Å². The van der Waals surface area contributed by atoms with Crippen molar-refractivity contribution in [2.45, 2.75) is 19.0 Å². The van der Waals surface area contributed by atoms with Gasteiger partial charge in [-0.3, -0.25) is 14.9 Å². The summed E-state index contributed by atoms with van der Waals surface area (Å²) in [6.07, 6.45) is -0.124. The molecule has 3 rings (SSSR count). The quantitative estimate of drug-likeness (QED) is 0.500. The minimum absolute atomic E-state index is 0.0688. The lowest BCUT2D eigenvalue weighted by Gasteiger charge is -2.15. The zero-order chi connectivity index (χ0) is 19.6. The highest BCUT2D eigenvalue weighted by Gasteiger charge is 2.27. The average Bonchev–Trinajstić information content (AvgIpc) is 3.00. The summed E-state index contributed by atoms with van der Waals surface area (Å²) >= 11 is 0. The first-order valence-electron chi connectivity index (χ1n) is 8.12. The Kier molecular flexibility index (Phi) is 5.20. The lowest BCUT2D eigenvalue weighted by atomic mass is 9.91. The molecule has 1 atom stereocenters. The fourth-order valence-electron chi connectivity index (χ4n) is 3.14. The zero-order valence-corrected chi connectivity index (χ0v) is 14.3. The number of fused-ring (bicyclic) bond motifs is 3. The summed E-state index contributed by atoms with van der Waals surface area (Å²) in [5.74, 6) is -1.29. The van der Waals surface area contributed by atoms with Gasteiger partial charge in [-0.15, -0.1) is 0 Å². The Hall–Kier alpha value is -3.23. The maximum Gasteiger partial charge on any atom is 0.387 e. The first-order chi connectivity index (χ1) is 12.9. The van der Waals surface area contributed by atoms with Crippen LogP contribution >= 0.6 is 0 Å². The predicted molar refractivity (Wildman–Crippen MR) is 93.6 cm³/mol. The zero-order valence-electron chi connectivity index (χ0n) is 14.3. The largest absolute Gasteiger partial charge is 0.452 e. The summed E-state index contributed by atoms with van der Waals surface area (Å²) < 4.78 is 35.7. The van der Waals surface area contributed by atoms with Crippen LogP contribution < -0.4 is 10.1 Å². The van der Waals surface area contributed by atoms with Gasteiger partial charge in [0.2, 0.25) is 12.5 Å². The molecule has 1 unspecified atom stereocenters. The Morgan fingerprint density at radius 2 is 2.04 bits per heavy atom. The molecule has 0 saturated carbocycles. The smallest absolute Gasteiger partial charge is 0.387 e. The Labute approximate surface area is 152 Å². The van der Waals surface area contributed by atoms with Crippen molar-refractivity contribution in [3.05, 3.63) is 52.1 Å². The third-order valence-corrected chi connectivity index (χ3v) is 4.26. The molecular formula is C18H16F2N2O5. The molecule has 0 aliphatic carbocycles. The fourth-order valence-corrected chi connectivity index (χ4v) is 3.14. The number of hydrogen-bond acceptors (Lipinski definition) is 5. The summed E-state index contributed by atoms with van der Waals surface area (Å²) in [6.45, 7) is -3.54. The van der Waals surface area contributed by atoms with E-state index in [0.717, 1.165) is 0 Å². The molecule has 3 aromatic rings. The molecule has 1 N–H and O–H groups in total. The number of para-hydroxylation sites is 1. The van der Waals surface area contributed by atoms with Gasteiger partial charge in [-0.25, -0.2) is 0 Å². The van der Waals surface area contributed by atoms with Crippen LogP contribution in [0.1, 0.15) is 17.9 Å². The number of nitro groups is 1. The van der Waals surface area contributed by atoms with Crippen LogP contribution in [0.4, 0.5) is 8.78 Å². The normalized spacial score (nSPS) is 12.4. The van der Waals surface area contributed by atoms with Gasteiger partial charge < -0.3 is 14.5 Å². The van der Waals surface area contributed by atoms with Crippen LogP contribution in [0.3, 0.4) is 0 Å². The van der Waals surface area contributed by atoms with Gasteiger partial charge in [-0.05, 0) is 17.7 Å². The van der Waals surface area contributed by atoms with Crippen LogP contribution in [0.15, 0.2) is 40.8 Å². The molecule has 9 heteroatoms. The topological polar surface area (TPSA) is 94.6 Å². The number of halogens is 2. The van der Waals surface area contributed by atoms with E-state index in [1.807, 2.05) is 0 Å². The second-order valence-corrected chi connectivity index (χ2v) is 5.92. The van der Waals surface area contributed by atoms with E-state index in [1.165, 1.54) is 19.2 Å². The van der Waals surface area contributed by atoms with E-state index in [9.17, 15) is 23.7 Å². The van der Waals surface area contributed by atoms with Crippen LogP contribution in [0, 0.1) is 10.1 Å². The molecule has 0 aliphatic rings. The number of carbonyl (C=O) groups is 1. The molecule has 7 nitrogen and oxygen atoms in total.